The van der Waals surface area contributed by atoms with Crippen molar-refractivity contribution in [3.05, 3.63) is 29.8 Å². The molecule has 0 saturated heterocycles. The lowest BCUT2D eigenvalue weighted by Gasteiger charge is -2.16. The fourth-order valence-electron chi connectivity index (χ4n) is 1.63. The van der Waals surface area contributed by atoms with Gasteiger partial charge in [0.25, 0.3) is 0 Å². The molecule has 0 aliphatic carbocycles. The fraction of sp³-hybridized carbons (Fsp3) is 0.600. The first kappa shape index (κ1) is 16.3. The van der Waals surface area contributed by atoms with Crippen molar-refractivity contribution in [1.82, 2.24) is 0 Å². The number of rotatable bonds is 9. The Hall–Kier alpha value is -0.710. The van der Waals surface area contributed by atoms with Crippen LogP contribution in [-0.4, -0.2) is 36.9 Å². The highest BCUT2D eigenvalue weighted by atomic mass is 32.2. The van der Waals surface area contributed by atoms with Crippen molar-refractivity contribution in [2.75, 3.05) is 31.8 Å². The minimum Gasteiger partial charge on any atom is -0.491 e. The van der Waals surface area contributed by atoms with Crippen molar-refractivity contribution in [3.63, 3.8) is 0 Å². The number of hydrogen-bond donors (Lipinski definition) is 1. The SMILES string of the molecule is COCCOc1ccccc1C(O)CSCC(C)C. The van der Waals surface area contributed by atoms with Gasteiger partial charge in [-0.05, 0) is 17.7 Å². The maximum Gasteiger partial charge on any atom is 0.125 e. The first-order valence-corrected chi connectivity index (χ1v) is 7.77. The Morgan fingerprint density at radius 3 is 2.58 bits per heavy atom. The molecule has 0 heterocycles. The first-order valence-electron chi connectivity index (χ1n) is 6.61. The van der Waals surface area contributed by atoms with Crippen molar-refractivity contribution >= 4 is 11.8 Å². The molecule has 0 radical (unpaired) electrons. The quantitative estimate of drug-likeness (QED) is 0.707. The molecule has 0 aliphatic rings. The minimum absolute atomic E-state index is 0.484. The van der Waals surface area contributed by atoms with Crippen LogP contribution in [-0.2, 0) is 4.74 Å². The molecule has 1 rings (SSSR count). The lowest BCUT2D eigenvalue weighted by Crippen LogP contribution is -2.09. The Balaban J connectivity index is 2.54. The standard InChI is InChI=1S/C15H24O3S/c1-12(2)10-19-11-14(16)13-6-4-5-7-15(13)18-9-8-17-3/h4-7,12,14,16H,8-11H2,1-3H3. The molecule has 1 N–H and O–H groups in total. The average Bonchev–Trinajstić information content (AvgIpc) is 2.39. The van der Waals surface area contributed by atoms with Gasteiger partial charge in [0.15, 0.2) is 0 Å². The van der Waals surface area contributed by atoms with E-state index in [-0.39, 0.29) is 0 Å². The first-order chi connectivity index (χ1) is 9.15. The van der Waals surface area contributed by atoms with Crippen LogP contribution in [0.2, 0.25) is 0 Å². The van der Waals surface area contributed by atoms with Crippen LogP contribution in [0.1, 0.15) is 25.5 Å². The summed E-state index contributed by atoms with van der Waals surface area (Å²) in [6.07, 6.45) is -0.484. The molecule has 19 heavy (non-hydrogen) atoms. The van der Waals surface area contributed by atoms with Gasteiger partial charge in [-0.2, -0.15) is 11.8 Å². The molecular weight excluding hydrogens is 260 g/mol. The van der Waals surface area contributed by atoms with Gasteiger partial charge in [0.05, 0.1) is 12.7 Å². The van der Waals surface area contributed by atoms with Crippen molar-refractivity contribution < 1.29 is 14.6 Å². The van der Waals surface area contributed by atoms with Gasteiger partial charge >= 0.3 is 0 Å². The third kappa shape index (κ3) is 6.32. The zero-order valence-electron chi connectivity index (χ0n) is 12.0. The molecule has 0 spiro atoms. The van der Waals surface area contributed by atoms with Gasteiger partial charge in [-0.15, -0.1) is 0 Å². The van der Waals surface area contributed by atoms with Crippen LogP contribution < -0.4 is 4.74 Å². The van der Waals surface area contributed by atoms with Crippen LogP contribution >= 0.6 is 11.8 Å². The Labute approximate surface area is 120 Å². The number of hydrogen-bond acceptors (Lipinski definition) is 4. The van der Waals surface area contributed by atoms with Crippen LogP contribution in [0.4, 0.5) is 0 Å². The average molecular weight is 284 g/mol. The van der Waals surface area contributed by atoms with Gasteiger partial charge < -0.3 is 14.6 Å². The second-order valence-corrected chi connectivity index (χ2v) is 5.90. The lowest BCUT2D eigenvalue weighted by molar-refractivity contribution is 0.141. The highest BCUT2D eigenvalue weighted by Crippen LogP contribution is 2.27. The highest BCUT2D eigenvalue weighted by molar-refractivity contribution is 7.99. The monoisotopic (exact) mass is 284 g/mol. The van der Waals surface area contributed by atoms with Crippen LogP contribution in [0, 0.1) is 5.92 Å². The Kier molecular flexibility index (Phi) is 7.94. The maximum atomic E-state index is 10.2. The van der Waals surface area contributed by atoms with E-state index in [1.54, 1.807) is 18.9 Å². The molecule has 1 atom stereocenters. The van der Waals surface area contributed by atoms with Crippen LogP contribution in [0.5, 0.6) is 5.75 Å². The summed E-state index contributed by atoms with van der Waals surface area (Å²) in [4.78, 5) is 0. The number of benzene rings is 1. The molecular formula is C15H24O3S. The Morgan fingerprint density at radius 1 is 1.16 bits per heavy atom. The third-order valence-electron chi connectivity index (χ3n) is 2.55. The molecule has 0 amide bonds. The predicted molar refractivity (Wildman–Crippen MR) is 80.9 cm³/mol. The van der Waals surface area contributed by atoms with E-state index in [0.29, 0.717) is 24.9 Å². The normalized spacial score (nSPS) is 12.7. The molecule has 0 fully saturated rings. The van der Waals surface area contributed by atoms with Crippen molar-refractivity contribution in [3.8, 4) is 5.75 Å². The summed E-state index contributed by atoms with van der Waals surface area (Å²) >= 11 is 1.77. The second-order valence-electron chi connectivity index (χ2n) is 4.83. The highest BCUT2D eigenvalue weighted by Gasteiger charge is 2.13. The fourth-order valence-corrected chi connectivity index (χ4v) is 2.64. The van der Waals surface area contributed by atoms with E-state index in [1.165, 1.54) is 0 Å². The molecule has 0 aliphatic heterocycles. The summed E-state index contributed by atoms with van der Waals surface area (Å²) < 4.78 is 10.6. The molecule has 108 valence electrons. The van der Waals surface area contributed by atoms with Gasteiger partial charge in [-0.1, -0.05) is 32.0 Å². The molecule has 0 saturated carbocycles. The van der Waals surface area contributed by atoms with E-state index in [9.17, 15) is 5.11 Å². The Bertz CT molecular complexity index is 355. The Morgan fingerprint density at radius 2 is 1.89 bits per heavy atom. The van der Waals surface area contributed by atoms with E-state index in [0.717, 1.165) is 17.1 Å². The topological polar surface area (TPSA) is 38.7 Å². The summed E-state index contributed by atoms with van der Waals surface area (Å²) in [6, 6.07) is 7.65. The van der Waals surface area contributed by atoms with Gasteiger partial charge in [0.1, 0.15) is 12.4 Å². The van der Waals surface area contributed by atoms with E-state index < -0.39 is 6.10 Å². The van der Waals surface area contributed by atoms with Crippen LogP contribution in [0.3, 0.4) is 0 Å². The zero-order chi connectivity index (χ0) is 14.1. The summed E-state index contributed by atoms with van der Waals surface area (Å²) in [5.41, 5.74) is 0.856. The summed E-state index contributed by atoms with van der Waals surface area (Å²) in [6.45, 7) is 5.41. The van der Waals surface area contributed by atoms with Gasteiger partial charge in [0.2, 0.25) is 0 Å². The van der Waals surface area contributed by atoms with Crippen molar-refractivity contribution in [1.29, 1.82) is 0 Å². The van der Waals surface area contributed by atoms with E-state index in [4.69, 9.17) is 9.47 Å². The maximum absolute atomic E-state index is 10.2. The number of thioether (sulfide) groups is 1. The number of methoxy groups -OCH3 is 1. The number of aliphatic hydroxyl groups is 1. The molecule has 3 nitrogen and oxygen atoms in total. The smallest absolute Gasteiger partial charge is 0.125 e. The summed E-state index contributed by atoms with van der Waals surface area (Å²) in [5, 5.41) is 10.2. The second kappa shape index (κ2) is 9.23. The van der Waals surface area contributed by atoms with Crippen LogP contribution in [0.15, 0.2) is 24.3 Å². The largest absolute Gasteiger partial charge is 0.491 e. The molecule has 0 bridgehead atoms. The molecule has 1 unspecified atom stereocenters. The van der Waals surface area contributed by atoms with Gasteiger partial charge in [-0.25, -0.2) is 0 Å². The number of aliphatic hydroxyl groups excluding tert-OH is 1. The molecule has 4 heteroatoms. The zero-order valence-corrected chi connectivity index (χ0v) is 12.8. The molecule has 0 aromatic heterocycles. The number of para-hydroxylation sites is 1. The number of ether oxygens (including phenoxy) is 2. The lowest BCUT2D eigenvalue weighted by atomic mass is 10.1. The minimum atomic E-state index is -0.484. The summed E-state index contributed by atoms with van der Waals surface area (Å²) in [5.74, 6) is 3.15. The molecule has 1 aromatic rings. The van der Waals surface area contributed by atoms with E-state index in [2.05, 4.69) is 13.8 Å². The van der Waals surface area contributed by atoms with Gasteiger partial charge in [0, 0.05) is 18.4 Å². The third-order valence-corrected chi connectivity index (χ3v) is 4.00. The summed E-state index contributed by atoms with van der Waals surface area (Å²) in [7, 11) is 1.65. The molecule has 1 aromatic carbocycles. The van der Waals surface area contributed by atoms with Crippen molar-refractivity contribution in [2.24, 2.45) is 5.92 Å². The van der Waals surface area contributed by atoms with Crippen LogP contribution in [0.25, 0.3) is 0 Å². The predicted octanol–water partition coefficient (Wildman–Crippen LogP) is 3.13. The van der Waals surface area contributed by atoms with Crippen molar-refractivity contribution in [2.45, 2.75) is 20.0 Å². The van der Waals surface area contributed by atoms with E-state index in [1.807, 2.05) is 24.3 Å². The van der Waals surface area contributed by atoms with Gasteiger partial charge in [-0.3, -0.25) is 0 Å². The van der Waals surface area contributed by atoms with E-state index >= 15 is 0 Å².